The van der Waals surface area contributed by atoms with Crippen molar-refractivity contribution < 1.29 is 22.4 Å². The molecule has 1 aliphatic rings. The number of carbonyl (C=O) groups is 2. The standard InChI is InChI=1S/C18H26FN3O4S/c1-18(2,3)21-16(23)11-20-17(24)13-5-4-10-22(12-13)27(25,26)15-8-6-14(19)7-9-15/h6-9,13H,4-5,10-12H2,1-3H3,(H,20,24)(H,21,23)/t13-/m1/s1. The summed E-state index contributed by atoms with van der Waals surface area (Å²) in [6.07, 6.45) is 1.08. The Hall–Kier alpha value is -2.00. The maximum Gasteiger partial charge on any atom is 0.243 e. The molecule has 0 bridgehead atoms. The third-order valence-electron chi connectivity index (χ3n) is 4.14. The summed E-state index contributed by atoms with van der Waals surface area (Å²) in [5, 5.41) is 5.32. The predicted molar refractivity (Wildman–Crippen MR) is 98.8 cm³/mol. The van der Waals surface area contributed by atoms with Gasteiger partial charge in [0.25, 0.3) is 0 Å². The van der Waals surface area contributed by atoms with Gasteiger partial charge in [0.15, 0.2) is 0 Å². The molecule has 0 aliphatic carbocycles. The molecule has 27 heavy (non-hydrogen) atoms. The van der Waals surface area contributed by atoms with E-state index in [0.717, 1.165) is 12.1 Å². The molecule has 0 aromatic heterocycles. The van der Waals surface area contributed by atoms with Crippen LogP contribution in [0.1, 0.15) is 33.6 Å². The van der Waals surface area contributed by atoms with Crippen LogP contribution in [0.3, 0.4) is 0 Å². The molecule has 0 radical (unpaired) electrons. The van der Waals surface area contributed by atoms with E-state index in [2.05, 4.69) is 10.6 Å². The number of nitrogens with one attached hydrogen (secondary N) is 2. The first kappa shape index (κ1) is 21.3. The molecule has 2 N–H and O–H groups in total. The number of benzene rings is 1. The van der Waals surface area contributed by atoms with Crippen molar-refractivity contribution in [1.29, 1.82) is 0 Å². The molecule has 1 atom stereocenters. The van der Waals surface area contributed by atoms with E-state index in [1.807, 2.05) is 20.8 Å². The van der Waals surface area contributed by atoms with Gasteiger partial charge in [0.05, 0.1) is 17.4 Å². The molecule has 1 aliphatic heterocycles. The molecule has 0 saturated carbocycles. The van der Waals surface area contributed by atoms with Gasteiger partial charge >= 0.3 is 0 Å². The fraction of sp³-hybridized carbons (Fsp3) is 0.556. The lowest BCUT2D eigenvalue weighted by Crippen LogP contribution is -2.49. The van der Waals surface area contributed by atoms with Crippen molar-refractivity contribution in [2.24, 2.45) is 5.92 Å². The van der Waals surface area contributed by atoms with E-state index in [1.54, 1.807) is 0 Å². The van der Waals surface area contributed by atoms with E-state index in [9.17, 15) is 22.4 Å². The van der Waals surface area contributed by atoms with E-state index in [1.165, 1.54) is 16.4 Å². The highest BCUT2D eigenvalue weighted by atomic mass is 32.2. The Labute approximate surface area is 159 Å². The minimum absolute atomic E-state index is 0.00508. The van der Waals surface area contributed by atoms with E-state index < -0.39 is 27.3 Å². The third kappa shape index (κ3) is 6.00. The summed E-state index contributed by atoms with van der Waals surface area (Å²) in [4.78, 5) is 24.2. The number of halogens is 1. The molecule has 9 heteroatoms. The van der Waals surface area contributed by atoms with E-state index in [0.29, 0.717) is 19.4 Å². The topological polar surface area (TPSA) is 95.6 Å². The molecular weight excluding hydrogens is 373 g/mol. The first-order valence-electron chi connectivity index (χ1n) is 8.83. The Bertz CT molecular complexity index is 788. The molecule has 1 fully saturated rings. The molecule has 1 aromatic carbocycles. The number of nitrogens with zero attached hydrogens (tertiary/aromatic N) is 1. The summed E-state index contributed by atoms with van der Waals surface area (Å²) < 4.78 is 39.7. The van der Waals surface area contributed by atoms with Gasteiger partial charge in [-0.2, -0.15) is 4.31 Å². The van der Waals surface area contributed by atoms with Crippen molar-refractivity contribution in [3.05, 3.63) is 30.1 Å². The van der Waals surface area contributed by atoms with Gasteiger partial charge < -0.3 is 10.6 Å². The zero-order valence-electron chi connectivity index (χ0n) is 15.8. The van der Waals surface area contributed by atoms with Crippen LogP contribution >= 0.6 is 0 Å². The fourth-order valence-corrected chi connectivity index (χ4v) is 4.43. The number of carbonyl (C=O) groups excluding carboxylic acids is 2. The second kappa shape index (κ2) is 8.35. The second-order valence-corrected chi connectivity index (χ2v) is 9.61. The molecule has 2 amide bonds. The van der Waals surface area contributed by atoms with Crippen LogP contribution in [0.4, 0.5) is 4.39 Å². The largest absolute Gasteiger partial charge is 0.350 e. The van der Waals surface area contributed by atoms with E-state index in [4.69, 9.17) is 0 Å². The highest BCUT2D eigenvalue weighted by molar-refractivity contribution is 7.89. The molecule has 150 valence electrons. The minimum Gasteiger partial charge on any atom is -0.350 e. The van der Waals surface area contributed by atoms with E-state index in [-0.39, 0.29) is 29.8 Å². The number of hydrogen-bond acceptors (Lipinski definition) is 4. The monoisotopic (exact) mass is 399 g/mol. The lowest BCUT2D eigenvalue weighted by molar-refractivity contribution is -0.129. The van der Waals surface area contributed by atoms with Crippen LogP contribution in [0.25, 0.3) is 0 Å². The lowest BCUT2D eigenvalue weighted by atomic mass is 9.99. The second-order valence-electron chi connectivity index (χ2n) is 7.67. The van der Waals surface area contributed by atoms with Crippen LogP contribution in [0.2, 0.25) is 0 Å². The zero-order chi connectivity index (χ0) is 20.2. The number of sulfonamides is 1. The van der Waals surface area contributed by atoms with Gasteiger partial charge in [-0.15, -0.1) is 0 Å². The Morgan fingerprint density at radius 2 is 1.85 bits per heavy atom. The van der Waals surface area contributed by atoms with Gasteiger partial charge in [-0.1, -0.05) is 0 Å². The van der Waals surface area contributed by atoms with Crippen molar-refractivity contribution in [2.75, 3.05) is 19.6 Å². The summed E-state index contributed by atoms with van der Waals surface area (Å²) in [6.45, 7) is 5.70. The van der Waals surface area contributed by atoms with Gasteiger partial charge in [0.1, 0.15) is 5.82 Å². The number of hydrogen-bond donors (Lipinski definition) is 2. The van der Waals surface area contributed by atoms with Crippen LogP contribution < -0.4 is 10.6 Å². The molecule has 0 spiro atoms. The number of amides is 2. The number of rotatable bonds is 5. The van der Waals surface area contributed by atoms with Crippen LogP contribution in [0.15, 0.2) is 29.2 Å². The lowest BCUT2D eigenvalue weighted by Gasteiger charge is -2.31. The molecule has 1 aromatic rings. The highest BCUT2D eigenvalue weighted by Crippen LogP contribution is 2.24. The zero-order valence-corrected chi connectivity index (χ0v) is 16.6. The average molecular weight is 399 g/mol. The quantitative estimate of drug-likeness (QED) is 0.779. The van der Waals surface area contributed by atoms with Crippen LogP contribution in [-0.2, 0) is 19.6 Å². The normalized spacial score (nSPS) is 18.7. The number of piperidine rings is 1. The van der Waals surface area contributed by atoms with Crippen LogP contribution in [0, 0.1) is 11.7 Å². The first-order valence-corrected chi connectivity index (χ1v) is 10.3. The molecule has 1 saturated heterocycles. The first-order chi connectivity index (χ1) is 12.5. The van der Waals surface area contributed by atoms with Gasteiger partial charge in [-0.25, -0.2) is 12.8 Å². The van der Waals surface area contributed by atoms with Crippen molar-refractivity contribution in [2.45, 2.75) is 44.0 Å². The van der Waals surface area contributed by atoms with Gasteiger partial charge in [0.2, 0.25) is 21.8 Å². The predicted octanol–water partition coefficient (Wildman–Crippen LogP) is 1.26. The molecule has 2 rings (SSSR count). The molecule has 0 unspecified atom stereocenters. The highest BCUT2D eigenvalue weighted by Gasteiger charge is 2.33. The van der Waals surface area contributed by atoms with E-state index >= 15 is 0 Å². The molecule has 1 heterocycles. The molecular formula is C18H26FN3O4S. The van der Waals surface area contributed by atoms with Crippen molar-refractivity contribution >= 4 is 21.8 Å². The fourth-order valence-electron chi connectivity index (χ4n) is 2.90. The van der Waals surface area contributed by atoms with Gasteiger partial charge in [-0.3, -0.25) is 9.59 Å². The third-order valence-corrected chi connectivity index (χ3v) is 6.02. The maximum absolute atomic E-state index is 13.0. The van der Waals surface area contributed by atoms with Crippen LogP contribution in [0.5, 0.6) is 0 Å². The van der Waals surface area contributed by atoms with Gasteiger partial charge in [0, 0.05) is 18.6 Å². The Morgan fingerprint density at radius 1 is 1.22 bits per heavy atom. The van der Waals surface area contributed by atoms with Crippen molar-refractivity contribution in [3.63, 3.8) is 0 Å². The SMILES string of the molecule is CC(C)(C)NC(=O)CNC(=O)[C@@H]1CCCN(S(=O)(=O)c2ccc(F)cc2)C1. The summed E-state index contributed by atoms with van der Waals surface area (Å²) in [5.41, 5.74) is -0.396. The Balaban J connectivity index is 1.97. The summed E-state index contributed by atoms with van der Waals surface area (Å²) in [5.74, 6) is -1.70. The maximum atomic E-state index is 13.0. The summed E-state index contributed by atoms with van der Waals surface area (Å²) in [7, 11) is -3.79. The minimum atomic E-state index is -3.79. The van der Waals surface area contributed by atoms with Gasteiger partial charge in [-0.05, 0) is 57.9 Å². The Morgan fingerprint density at radius 3 is 2.44 bits per heavy atom. The summed E-state index contributed by atoms with van der Waals surface area (Å²) in [6, 6.07) is 4.61. The van der Waals surface area contributed by atoms with Crippen LogP contribution in [-0.4, -0.2) is 49.7 Å². The van der Waals surface area contributed by atoms with Crippen molar-refractivity contribution in [3.8, 4) is 0 Å². The summed E-state index contributed by atoms with van der Waals surface area (Å²) >= 11 is 0. The average Bonchev–Trinajstić information content (AvgIpc) is 2.58. The smallest absolute Gasteiger partial charge is 0.243 e. The Kier molecular flexibility index (Phi) is 6.59. The van der Waals surface area contributed by atoms with Crippen molar-refractivity contribution in [1.82, 2.24) is 14.9 Å². The molecule has 7 nitrogen and oxygen atoms in total.